The van der Waals surface area contributed by atoms with Gasteiger partial charge in [-0.25, -0.2) is 0 Å². The van der Waals surface area contributed by atoms with Crippen LogP contribution in [-0.2, 0) is 6.18 Å². The fourth-order valence-corrected chi connectivity index (χ4v) is 2.68. The zero-order valence-corrected chi connectivity index (χ0v) is 12.7. The minimum absolute atomic E-state index is 0.0980. The molecule has 1 aliphatic heterocycles. The van der Waals surface area contributed by atoms with Crippen LogP contribution in [-0.4, -0.2) is 30.6 Å². The first-order valence-electron chi connectivity index (χ1n) is 7.84. The van der Waals surface area contributed by atoms with Gasteiger partial charge in [-0.15, -0.1) is 0 Å². The highest BCUT2D eigenvalue weighted by molar-refractivity contribution is 5.29. The van der Waals surface area contributed by atoms with E-state index in [1.54, 1.807) is 0 Å². The van der Waals surface area contributed by atoms with E-state index in [2.05, 4.69) is 11.8 Å². The Labute approximate surface area is 130 Å². The Morgan fingerprint density at radius 2 is 1.73 bits per heavy atom. The SMILES string of the molecule is [CH2]CCCCN1CCC(Oc2ccc(C(F)(F)F)cc2)CC1. The Kier molecular flexibility index (Phi) is 6.12. The molecule has 0 aromatic heterocycles. The van der Waals surface area contributed by atoms with E-state index in [1.165, 1.54) is 18.6 Å². The van der Waals surface area contributed by atoms with Gasteiger partial charge in [-0.05, 0) is 50.1 Å². The lowest BCUT2D eigenvalue weighted by Crippen LogP contribution is -2.38. The van der Waals surface area contributed by atoms with Crippen molar-refractivity contribution >= 4 is 0 Å². The number of unbranched alkanes of at least 4 members (excludes halogenated alkanes) is 2. The second-order valence-corrected chi connectivity index (χ2v) is 5.74. The molecule has 22 heavy (non-hydrogen) atoms. The van der Waals surface area contributed by atoms with Crippen molar-refractivity contribution in [2.45, 2.75) is 44.4 Å². The maximum atomic E-state index is 12.5. The van der Waals surface area contributed by atoms with Gasteiger partial charge in [0.05, 0.1) is 5.56 Å². The molecule has 0 spiro atoms. The first-order valence-corrected chi connectivity index (χ1v) is 7.84. The average molecular weight is 314 g/mol. The number of benzene rings is 1. The molecule has 0 atom stereocenters. The van der Waals surface area contributed by atoms with Crippen LogP contribution in [0.25, 0.3) is 0 Å². The lowest BCUT2D eigenvalue weighted by Gasteiger charge is -2.32. The van der Waals surface area contributed by atoms with Gasteiger partial charge in [0.15, 0.2) is 0 Å². The molecule has 123 valence electrons. The summed E-state index contributed by atoms with van der Waals surface area (Å²) in [4.78, 5) is 2.42. The third kappa shape index (κ3) is 5.20. The molecule has 1 aromatic carbocycles. The molecule has 1 radical (unpaired) electrons. The van der Waals surface area contributed by atoms with Gasteiger partial charge < -0.3 is 9.64 Å². The van der Waals surface area contributed by atoms with Crippen molar-refractivity contribution in [1.82, 2.24) is 4.90 Å². The number of ether oxygens (including phenoxy) is 1. The smallest absolute Gasteiger partial charge is 0.416 e. The molecular weight excluding hydrogens is 291 g/mol. The van der Waals surface area contributed by atoms with Gasteiger partial charge in [-0.3, -0.25) is 0 Å². The highest BCUT2D eigenvalue weighted by Crippen LogP contribution is 2.30. The Morgan fingerprint density at radius 3 is 2.27 bits per heavy atom. The summed E-state index contributed by atoms with van der Waals surface area (Å²) < 4.78 is 43.3. The first kappa shape index (κ1) is 17.1. The zero-order valence-electron chi connectivity index (χ0n) is 12.7. The van der Waals surface area contributed by atoms with Crippen LogP contribution in [0.5, 0.6) is 5.75 Å². The second-order valence-electron chi connectivity index (χ2n) is 5.74. The van der Waals surface area contributed by atoms with Gasteiger partial charge in [-0.2, -0.15) is 13.2 Å². The Hall–Kier alpha value is -1.23. The molecule has 0 N–H and O–H groups in total. The van der Waals surface area contributed by atoms with Crippen LogP contribution in [0.1, 0.15) is 37.7 Å². The molecule has 0 bridgehead atoms. The van der Waals surface area contributed by atoms with Crippen molar-refractivity contribution in [1.29, 1.82) is 0 Å². The van der Waals surface area contributed by atoms with E-state index in [1.807, 2.05) is 0 Å². The predicted octanol–water partition coefficient (Wildman–Crippen LogP) is 4.55. The normalized spacial score (nSPS) is 17.6. The van der Waals surface area contributed by atoms with Gasteiger partial charge in [-0.1, -0.05) is 19.8 Å². The third-order valence-electron chi connectivity index (χ3n) is 3.99. The maximum Gasteiger partial charge on any atom is 0.416 e. The molecular formula is C17H23F3NO. The third-order valence-corrected chi connectivity index (χ3v) is 3.99. The van der Waals surface area contributed by atoms with E-state index in [9.17, 15) is 13.2 Å². The van der Waals surface area contributed by atoms with Gasteiger partial charge >= 0.3 is 6.18 Å². The summed E-state index contributed by atoms with van der Waals surface area (Å²) in [5, 5.41) is 0. The van der Waals surface area contributed by atoms with Crippen LogP contribution in [0.2, 0.25) is 0 Å². The Balaban J connectivity index is 1.76. The highest BCUT2D eigenvalue weighted by atomic mass is 19.4. The fraction of sp³-hybridized carbons (Fsp3) is 0.588. The van der Waals surface area contributed by atoms with Crippen molar-refractivity contribution in [2.24, 2.45) is 0 Å². The van der Waals surface area contributed by atoms with E-state index >= 15 is 0 Å². The minimum Gasteiger partial charge on any atom is -0.490 e. The summed E-state index contributed by atoms with van der Waals surface area (Å²) in [6.07, 6.45) is 0.957. The summed E-state index contributed by atoms with van der Waals surface area (Å²) in [6, 6.07) is 4.96. The monoisotopic (exact) mass is 314 g/mol. The van der Waals surface area contributed by atoms with Crippen LogP contribution in [0, 0.1) is 6.92 Å². The Morgan fingerprint density at radius 1 is 1.09 bits per heavy atom. The maximum absolute atomic E-state index is 12.5. The van der Waals surface area contributed by atoms with Crippen LogP contribution >= 0.6 is 0 Å². The number of likely N-dealkylation sites (tertiary alicyclic amines) is 1. The quantitative estimate of drug-likeness (QED) is 0.714. The number of nitrogens with zero attached hydrogens (tertiary/aromatic N) is 1. The van der Waals surface area contributed by atoms with Crippen LogP contribution in [0.3, 0.4) is 0 Å². The number of piperidine rings is 1. The van der Waals surface area contributed by atoms with Crippen molar-refractivity contribution < 1.29 is 17.9 Å². The number of rotatable bonds is 6. The lowest BCUT2D eigenvalue weighted by molar-refractivity contribution is -0.137. The molecule has 1 saturated heterocycles. The Bertz CT molecular complexity index is 436. The highest BCUT2D eigenvalue weighted by Gasteiger charge is 2.30. The molecule has 2 rings (SSSR count). The zero-order chi connectivity index (χ0) is 16.0. The molecule has 1 aromatic rings. The van der Waals surface area contributed by atoms with Crippen LogP contribution < -0.4 is 4.74 Å². The van der Waals surface area contributed by atoms with E-state index in [0.29, 0.717) is 5.75 Å². The molecule has 1 heterocycles. The van der Waals surface area contributed by atoms with Gasteiger partial charge in [0.2, 0.25) is 0 Å². The molecule has 0 saturated carbocycles. The van der Waals surface area contributed by atoms with E-state index in [4.69, 9.17) is 4.74 Å². The van der Waals surface area contributed by atoms with E-state index < -0.39 is 11.7 Å². The van der Waals surface area contributed by atoms with Crippen molar-refractivity contribution in [2.75, 3.05) is 19.6 Å². The van der Waals surface area contributed by atoms with Crippen molar-refractivity contribution in [3.05, 3.63) is 36.8 Å². The number of halogens is 3. The van der Waals surface area contributed by atoms with Crippen molar-refractivity contribution in [3.8, 4) is 5.75 Å². The largest absolute Gasteiger partial charge is 0.490 e. The number of hydrogen-bond acceptors (Lipinski definition) is 2. The summed E-state index contributed by atoms with van der Waals surface area (Å²) in [5.41, 5.74) is -0.639. The molecule has 1 fully saturated rings. The standard InChI is InChI=1S/C17H23F3NO/c1-2-3-4-11-21-12-9-16(10-13-21)22-15-7-5-14(6-8-15)17(18,19)20/h5-8,16H,1-4,9-13H2. The molecule has 1 aliphatic rings. The molecule has 0 unspecified atom stereocenters. The summed E-state index contributed by atoms with van der Waals surface area (Å²) in [7, 11) is 0. The van der Waals surface area contributed by atoms with Gasteiger partial charge in [0.1, 0.15) is 11.9 Å². The second kappa shape index (κ2) is 7.86. The molecule has 0 amide bonds. The summed E-state index contributed by atoms with van der Waals surface area (Å²) in [6.45, 7) is 6.92. The lowest BCUT2D eigenvalue weighted by atomic mass is 10.1. The van der Waals surface area contributed by atoms with Crippen molar-refractivity contribution in [3.63, 3.8) is 0 Å². The van der Waals surface area contributed by atoms with Crippen LogP contribution in [0.4, 0.5) is 13.2 Å². The van der Waals surface area contributed by atoms with E-state index in [0.717, 1.165) is 57.5 Å². The van der Waals surface area contributed by atoms with Gasteiger partial charge in [0.25, 0.3) is 0 Å². The van der Waals surface area contributed by atoms with Gasteiger partial charge in [0, 0.05) is 13.1 Å². The molecule has 2 nitrogen and oxygen atoms in total. The predicted molar refractivity (Wildman–Crippen MR) is 80.7 cm³/mol. The number of alkyl halides is 3. The average Bonchev–Trinajstić information content (AvgIpc) is 2.49. The minimum atomic E-state index is -4.29. The molecule has 5 heteroatoms. The summed E-state index contributed by atoms with van der Waals surface area (Å²) >= 11 is 0. The van der Waals surface area contributed by atoms with Crippen LogP contribution in [0.15, 0.2) is 24.3 Å². The first-order chi connectivity index (χ1) is 10.5. The fourth-order valence-electron chi connectivity index (χ4n) is 2.68. The number of hydrogen-bond donors (Lipinski definition) is 0. The molecule has 0 aliphatic carbocycles. The van der Waals surface area contributed by atoms with E-state index in [-0.39, 0.29) is 6.10 Å². The topological polar surface area (TPSA) is 12.5 Å². The summed E-state index contributed by atoms with van der Waals surface area (Å²) in [5.74, 6) is 0.517.